The maximum absolute atomic E-state index is 11.9. The molecule has 20 heavy (non-hydrogen) atoms. The Labute approximate surface area is 130 Å². The molecule has 1 saturated carbocycles. The fraction of sp³-hybridized carbons (Fsp3) is 0.286. The van der Waals surface area contributed by atoms with Crippen molar-refractivity contribution < 1.29 is 4.79 Å². The van der Waals surface area contributed by atoms with E-state index in [4.69, 9.17) is 23.2 Å². The molecule has 3 nitrogen and oxygen atoms in total. The van der Waals surface area contributed by atoms with Crippen LogP contribution in [0.25, 0.3) is 11.3 Å². The van der Waals surface area contributed by atoms with Crippen molar-refractivity contribution in [3.8, 4) is 11.3 Å². The third-order valence-electron chi connectivity index (χ3n) is 3.21. The number of thiazole rings is 1. The van der Waals surface area contributed by atoms with Crippen molar-refractivity contribution in [2.75, 3.05) is 5.32 Å². The molecule has 6 heteroatoms. The normalized spacial score (nSPS) is 19.6. The number of carbonyl (C=O) groups is 1. The number of alkyl halides is 2. The largest absolute Gasteiger partial charge is 0.326 e. The van der Waals surface area contributed by atoms with Crippen LogP contribution in [0.1, 0.15) is 11.4 Å². The number of aryl methyl sites for hydroxylation is 1. The van der Waals surface area contributed by atoms with E-state index in [1.54, 1.807) is 11.3 Å². The summed E-state index contributed by atoms with van der Waals surface area (Å²) in [6.45, 7) is 1.98. The van der Waals surface area contributed by atoms with E-state index >= 15 is 0 Å². The molecule has 0 unspecified atom stereocenters. The van der Waals surface area contributed by atoms with Gasteiger partial charge < -0.3 is 5.32 Å². The van der Waals surface area contributed by atoms with E-state index in [1.807, 2.05) is 36.6 Å². The summed E-state index contributed by atoms with van der Waals surface area (Å²) in [5.74, 6) is -0.445. The Morgan fingerprint density at radius 2 is 2.05 bits per heavy atom. The molecule has 0 radical (unpaired) electrons. The van der Waals surface area contributed by atoms with Gasteiger partial charge in [0, 0.05) is 16.6 Å². The highest BCUT2D eigenvalue weighted by atomic mass is 35.5. The maximum atomic E-state index is 11.9. The van der Waals surface area contributed by atoms with E-state index in [-0.39, 0.29) is 11.8 Å². The number of amides is 1. The summed E-state index contributed by atoms with van der Waals surface area (Å²) in [6, 6.07) is 7.58. The lowest BCUT2D eigenvalue weighted by molar-refractivity contribution is -0.117. The summed E-state index contributed by atoms with van der Waals surface area (Å²) >= 11 is 13.4. The number of aromatic nitrogens is 1. The molecule has 1 aromatic carbocycles. The number of nitrogens with zero attached hydrogens (tertiary/aromatic N) is 1. The van der Waals surface area contributed by atoms with Gasteiger partial charge in [-0.2, -0.15) is 0 Å². The van der Waals surface area contributed by atoms with Crippen LogP contribution in [-0.2, 0) is 4.79 Å². The molecule has 1 aromatic heterocycles. The Hall–Kier alpha value is -1.10. The van der Waals surface area contributed by atoms with Crippen LogP contribution >= 0.6 is 34.5 Å². The number of rotatable bonds is 3. The Bertz CT molecular complexity index is 651. The number of nitrogens with one attached hydrogen (secondary N) is 1. The first-order valence-corrected chi connectivity index (χ1v) is 7.80. The van der Waals surface area contributed by atoms with Crippen LogP contribution in [0.2, 0.25) is 0 Å². The fourth-order valence-corrected chi connectivity index (χ4v) is 3.08. The molecule has 3 rings (SSSR count). The van der Waals surface area contributed by atoms with Crippen molar-refractivity contribution in [1.82, 2.24) is 4.98 Å². The van der Waals surface area contributed by atoms with Crippen molar-refractivity contribution in [2.45, 2.75) is 17.7 Å². The molecular weight excluding hydrogens is 315 g/mol. The topological polar surface area (TPSA) is 42.0 Å². The second-order valence-electron chi connectivity index (χ2n) is 4.84. The molecule has 0 bridgehead atoms. The molecule has 104 valence electrons. The van der Waals surface area contributed by atoms with Crippen LogP contribution in [0.15, 0.2) is 29.6 Å². The number of anilines is 1. The molecule has 1 N–H and O–H groups in total. The Balaban J connectivity index is 1.69. The zero-order chi connectivity index (χ0) is 14.3. The molecular formula is C14H12Cl2N2OS. The fourth-order valence-electron chi connectivity index (χ4n) is 1.95. The van der Waals surface area contributed by atoms with E-state index in [0.29, 0.717) is 6.42 Å². The Kier molecular flexibility index (Phi) is 3.48. The molecule has 1 atom stereocenters. The predicted molar refractivity (Wildman–Crippen MR) is 83.5 cm³/mol. The van der Waals surface area contributed by atoms with E-state index in [0.717, 1.165) is 22.0 Å². The molecule has 1 amide bonds. The average Bonchev–Trinajstić information content (AvgIpc) is 2.83. The zero-order valence-electron chi connectivity index (χ0n) is 10.7. The van der Waals surface area contributed by atoms with E-state index in [9.17, 15) is 4.79 Å². The highest BCUT2D eigenvalue weighted by Gasteiger charge is 2.56. The Morgan fingerprint density at radius 3 is 2.55 bits per heavy atom. The second kappa shape index (κ2) is 5.02. The van der Waals surface area contributed by atoms with Crippen LogP contribution in [0, 0.1) is 12.8 Å². The zero-order valence-corrected chi connectivity index (χ0v) is 13.0. The maximum Gasteiger partial charge on any atom is 0.230 e. The smallest absolute Gasteiger partial charge is 0.230 e. The third kappa shape index (κ3) is 2.82. The number of benzene rings is 1. The first kappa shape index (κ1) is 13.9. The summed E-state index contributed by atoms with van der Waals surface area (Å²) in [4.78, 5) is 16.3. The van der Waals surface area contributed by atoms with Gasteiger partial charge in [0.1, 0.15) is 4.33 Å². The third-order valence-corrected chi connectivity index (χ3v) is 4.82. The lowest BCUT2D eigenvalue weighted by Gasteiger charge is -2.06. The van der Waals surface area contributed by atoms with Gasteiger partial charge in [0.25, 0.3) is 0 Å². The summed E-state index contributed by atoms with van der Waals surface area (Å²) in [5, 5.41) is 5.87. The highest BCUT2D eigenvalue weighted by Crippen LogP contribution is 2.53. The van der Waals surface area contributed by atoms with Crippen molar-refractivity contribution in [3.05, 3.63) is 34.7 Å². The minimum absolute atomic E-state index is 0.132. The van der Waals surface area contributed by atoms with Gasteiger partial charge in [-0.15, -0.1) is 34.5 Å². The number of carbonyl (C=O) groups excluding carboxylic acids is 1. The van der Waals surface area contributed by atoms with Crippen molar-refractivity contribution in [1.29, 1.82) is 0 Å². The van der Waals surface area contributed by atoms with Crippen LogP contribution in [0.3, 0.4) is 0 Å². The SMILES string of the molecule is Cc1nc(-c2ccc(NC(=O)[C@H]3CC3(Cl)Cl)cc2)cs1. The molecule has 1 aliphatic rings. The minimum atomic E-state index is -0.887. The van der Waals surface area contributed by atoms with Gasteiger partial charge in [-0.1, -0.05) is 12.1 Å². The summed E-state index contributed by atoms with van der Waals surface area (Å²) in [5.41, 5.74) is 2.72. The molecule has 1 heterocycles. The van der Waals surface area contributed by atoms with E-state index in [1.165, 1.54) is 0 Å². The van der Waals surface area contributed by atoms with Crippen LogP contribution < -0.4 is 5.32 Å². The van der Waals surface area contributed by atoms with Crippen LogP contribution in [0.5, 0.6) is 0 Å². The van der Waals surface area contributed by atoms with Crippen molar-refractivity contribution >= 4 is 46.1 Å². The first-order chi connectivity index (χ1) is 9.45. The standard InChI is InChI=1S/C14H12Cl2N2OS/c1-8-17-12(7-20-8)9-2-4-10(5-3-9)18-13(19)11-6-14(11,15)16/h2-5,7,11H,6H2,1H3,(H,18,19)/t11-/m1/s1. The monoisotopic (exact) mass is 326 g/mol. The van der Waals surface area contributed by atoms with Gasteiger partial charge in [0.05, 0.1) is 16.6 Å². The summed E-state index contributed by atoms with van der Waals surface area (Å²) in [6.07, 6.45) is 0.512. The molecule has 1 fully saturated rings. The van der Waals surface area contributed by atoms with Gasteiger partial charge in [-0.25, -0.2) is 4.98 Å². The van der Waals surface area contributed by atoms with Crippen LogP contribution in [-0.4, -0.2) is 15.2 Å². The molecule has 1 aliphatic carbocycles. The Morgan fingerprint density at radius 1 is 1.40 bits per heavy atom. The first-order valence-electron chi connectivity index (χ1n) is 6.17. The van der Waals surface area contributed by atoms with E-state index < -0.39 is 4.33 Å². The second-order valence-corrected chi connectivity index (χ2v) is 7.44. The number of hydrogen-bond acceptors (Lipinski definition) is 3. The minimum Gasteiger partial charge on any atom is -0.326 e. The van der Waals surface area contributed by atoms with Gasteiger partial charge in [-0.05, 0) is 25.5 Å². The molecule has 0 spiro atoms. The van der Waals surface area contributed by atoms with Gasteiger partial charge >= 0.3 is 0 Å². The van der Waals surface area contributed by atoms with Crippen molar-refractivity contribution in [3.63, 3.8) is 0 Å². The van der Waals surface area contributed by atoms with Crippen molar-refractivity contribution in [2.24, 2.45) is 5.92 Å². The lowest BCUT2D eigenvalue weighted by Crippen LogP contribution is -2.16. The lowest BCUT2D eigenvalue weighted by atomic mass is 10.1. The average molecular weight is 327 g/mol. The van der Waals surface area contributed by atoms with E-state index in [2.05, 4.69) is 10.3 Å². The molecule has 2 aromatic rings. The quantitative estimate of drug-likeness (QED) is 0.856. The predicted octanol–water partition coefficient (Wildman–Crippen LogP) is 4.25. The summed E-state index contributed by atoms with van der Waals surface area (Å²) in [7, 11) is 0. The van der Waals surface area contributed by atoms with Gasteiger partial charge in [0.2, 0.25) is 5.91 Å². The molecule has 0 aliphatic heterocycles. The summed E-state index contributed by atoms with van der Waals surface area (Å²) < 4.78 is -0.887. The molecule has 0 saturated heterocycles. The van der Waals surface area contributed by atoms with Gasteiger partial charge in [0.15, 0.2) is 0 Å². The number of halogens is 2. The number of hydrogen-bond donors (Lipinski definition) is 1. The highest BCUT2D eigenvalue weighted by molar-refractivity contribution is 7.09. The van der Waals surface area contributed by atoms with Crippen LogP contribution in [0.4, 0.5) is 5.69 Å². The van der Waals surface area contributed by atoms with Gasteiger partial charge in [-0.3, -0.25) is 4.79 Å².